The summed E-state index contributed by atoms with van der Waals surface area (Å²) in [6.45, 7) is 5.55. The summed E-state index contributed by atoms with van der Waals surface area (Å²) in [7, 11) is 0. The molecule has 0 spiro atoms. The molecule has 0 aliphatic heterocycles. The average Bonchev–Trinajstić information content (AvgIpc) is 3.66. The van der Waals surface area contributed by atoms with E-state index in [4.69, 9.17) is 14.0 Å². The quantitative estimate of drug-likeness (QED) is 0.157. The van der Waals surface area contributed by atoms with Crippen LogP contribution < -0.4 is 14.8 Å². The summed E-state index contributed by atoms with van der Waals surface area (Å²) in [5, 5.41) is 7.11. The lowest BCUT2D eigenvalue weighted by atomic mass is 10.1. The van der Waals surface area contributed by atoms with E-state index in [1.165, 1.54) is 25.7 Å². The van der Waals surface area contributed by atoms with Crippen LogP contribution in [0.2, 0.25) is 0 Å². The summed E-state index contributed by atoms with van der Waals surface area (Å²) < 4.78 is 22.2. The van der Waals surface area contributed by atoms with E-state index in [0.717, 1.165) is 28.9 Å². The lowest BCUT2D eigenvalue weighted by Crippen LogP contribution is -2.31. The Kier molecular flexibility index (Phi) is 11.0. The van der Waals surface area contributed by atoms with Crippen LogP contribution in [0.25, 0.3) is 11.5 Å². The third-order valence-corrected chi connectivity index (χ3v) is 6.82. The standard InChI is InChI=1S/C30H38N4O6/c1-3-37-30(36)25(35)19-31-15-7-17-38-26-13-11-22(18-21(26)2)12-14-27-33-29(40-34-27)24-10-6-16-32-28(24)39-20-23-8-4-5-9-23/h6,10-11,13,16,18,23,31H,3-5,7-9,12,14-15,17,19-20H2,1-2H3. The molecule has 1 aliphatic rings. The summed E-state index contributed by atoms with van der Waals surface area (Å²) in [6, 6.07) is 9.85. The van der Waals surface area contributed by atoms with Crippen molar-refractivity contribution in [3.8, 4) is 23.1 Å². The van der Waals surface area contributed by atoms with Crippen molar-refractivity contribution in [1.82, 2.24) is 20.4 Å². The molecule has 3 aromatic rings. The molecule has 1 aromatic carbocycles. The van der Waals surface area contributed by atoms with Gasteiger partial charge >= 0.3 is 5.97 Å². The van der Waals surface area contributed by atoms with E-state index in [-0.39, 0.29) is 13.2 Å². The first-order chi connectivity index (χ1) is 19.5. The number of aryl methyl sites for hydroxylation is 3. The summed E-state index contributed by atoms with van der Waals surface area (Å²) >= 11 is 0. The minimum Gasteiger partial charge on any atom is -0.493 e. The van der Waals surface area contributed by atoms with Crippen molar-refractivity contribution >= 4 is 11.8 Å². The topological polar surface area (TPSA) is 126 Å². The normalized spacial score (nSPS) is 13.3. The van der Waals surface area contributed by atoms with Crippen LogP contribution in [0.3, 0.4) is 0 Å². The predicted molar refractivity (Wildman–Crippen MR) is 148 cm³/mol. The molecule has 2 heterocycles. The Hall–Kier alpha value is -3.79. The number of carbonyl (C=O) groups excluding carboxylic acids is 2. The number of rotatable bonds is 16. The molecule has 0 radical (unpaired) electrons. The molecule has 0 unspecified atom stereocenters. The fourth-order valence-electron chi connectivity index (χ4n) is 4.66. The SMILES string of the molecule is CCOC(=O)C(=O)CNCCCOc1ccc(CCc2noc(-c3cccnc3OCC3CCCC3)n2)cc1C. The van der Waals surface area contributed by atoms with Crippen molar-refractivity contribution in [1.29, 1.82) is 0 Å². The van der Waals surface area contributed by atoms with E-state index < -0.39 is 11.8 Å². The van der Waals surface area contributed by atoms with E-state index in [1.54, 1.807) is 13.1 Å². The van der Waals surface area contributed by atoms with E-state index >= 15 is 0 Å². The molecular formula is C30H38N4O6. The Bertz CT molecular complexity index is 1250. The maximum Gasteiger partial charge on any atom is 0.375 e. The number of aromatic nitrogens is 3. The average molecular weight is 551 g/mol. The number of ether oxygens (including phenoxy) is 3. The van der Waals surface area contributed by atoms with Gasteiger partial charge in [0.05, 0.1) is 26.4 Å². The molecule has 0 amide bonds. The highest BCUT2D eigenvalue weighted by Gasteiger charge is 2.19. The van der Waals surface area contributed by atoms with Crippen LogP contribution in [0, 0.1) is 12.8 Å². The van der Waals surface area contributed by atoms with Crippen LogP contribution in [0.4, 0.5) is 0 Å². The second-order valence-electron chi connectivity index (χ2n) is 9.96. The number of pyridine rings is 1. The molecule has 214 valence electrons. The summed E-state index contributed by atoms with van der Waals surface area (Å²) in [6.07, 6.45) is 8.77. The third-order valence-electron chi connectivity index (χ3n) is 6.82. The molecule has 1 saturated carbocycles. The molecule has 1 fully saturated rings. The minimum absolute atomic E-state index is 0.0357. The largest absolute Gasteiger partial charge is 0.493 e. The number of ketones is 1. The van der Waals surface area contributed by atoms with E-state index in [0.29, 0.717) is 56.1 Å². The third kappa shape index (κ3) is 8.61. The Morgan fingerprint density at radius 1 is 1.12 bits per heavy atom. The van der Waals surface area contributed by atoms with Gasteiger partial charge in [-0.05, 0) is 81.3 Å². The zero-order chi connectivity index (χ0) is 28.2. The molecule has 0 saturated heterocycles. The molecule has 0 atom stereocenters. The summed E-state index contributed by atoms with van der Waals surface area (Å²) in [5.41, 5.74) is 2.91. The molecular weight excluding hydrogens is 512 g/mol. The number of Topliss-reactive ketones (excluding diaryl/α,β-unsaturated/α-hetero) is 1. The van der Waals surface area contributed by atoms with Crippen molar-refractivity contribution in [2.24, 2.45) is 5.92 Å². The fraction of sp³-hybridized carbons (Fsp3) is 0.500. The van der Waals surface area contributed by atoms with Gasteiger partial charge in [0.2, 0.25) is 5.88 Å². The van der Waals surface area contributed by atoms with Gasteiger partial charge in [0, 0.05) is 12.6 Å². The van der Waals surface area contributed by atoms with Crippen molar-refractivity contribution in [2.75, 3.05) is 32.9 Å². The highest BCUT2D eigenvalue weighted by molar-refractivity contribution is 6.34. The fourth-order valence-corrected chi connectivity index (χ4v) is 4.66. The Morgan fingerprint density at radius 3 is 2.77 bits per heavy atom. The number of esters is 1. The van der Waals surface area contributed by atoms with Crippen molar-refractivity contribution in [3.63, 3.8) is 0 Å². The van der Waals surface area contributed by atoms with Gasteiger partial charge in [-0.25, -0.2) is 9.78 Å². The van der Waals surface area contributed by atoms with Gasteiger partial charge in [0.15, 0.2) is 5.82 Å². The van der Waals surface area contributed by atoms with Crippen LogP contribution in [0.15, 0.2) is 41.1 Å². The molecule has 0 bridgehead atoms. The molecule has 40 heavy (non-hydrogen) atoms. The monoisotopic (exact) mass is 550 g/mol. The van der Waals surface area contributed by atoms with Crippen molar-refractivity contribution in [2.45, 2.75) is 58.8 Å². The number of hydrogen-bond acceptors (Lipinski definition) is 10. The summed E-state index contributed by atoms with van der Waals surface area (Å²) in [5.74, 6) is 1.62. The number of benzene rings is 1. The number of carbonyl (C=O) groups is 2. The predicted octanol–water partition coefficient (Wildman–Crippen LogP) is 4.28. The van der Waals surface area contributed by atoms with E-state index in [9.17, 15) is 9.59 Å². The molecule has 10 nitrogen and oxygen atoms in total. The number of nitrogens with one attached hydrogen (secondary N) is 1. The van der Waals surface area contributed by atoms with E-state index in [1.807, 2.05) is 31.2 Å². The van der Waals surface area contributed by atoms with Crippen LogP contribution in [0.1, 0.15) is 56.0 Å². The van der Waals surface area contributed by atoms with Gasteiger partial charge in [0.1, 0.15) is 11.3 Å². The highest BCUT2D eigenvalue weighted by atomic mass is 16.5. The first-order valence-electron chi connectivity index (χ1n) is 14.1. The van der Waals surface area contributed by atoms with Crippen molar-refractivity contribution in [3.05, 3.63) is 53.5 Å². The smallest absolute Gasteiger partial charge is 0.375 e. The van der Waals surface area contributed by atoms with Crippen LogP contribution in [-0.2, 0) is 27.2 Å². The van der Waals surface area contributed by atoms with Gasteiger partial charge in [-0.1, -0.05) is 30.1 Å². The molecule has 2 aromatic heterocycles. The number of hydrogen-bond donors (Lipinski definition) is 1. The lowest BCUT2D eigenvalue weighted by molar-refractivity contribution is -0.153. The minimum atomic E-state index is -0.802. The van der Waals surface area contributed by atoms with Crippen molar-refractivity contribution < 1.29 is 28.3 Å². The van der Waals surface area contributed by atoms with Gasteiger partial charge in [-0.3, -0.25) is 4.79 Å². The van der Waals surface area contributed by atoms with Gasteiger partial charge in [-0.15, -0.1) is 0 Å². The van der Waals surface area contributed by atoms with Gasteiger partial charge in [0.25, 0.3) is 11.7 Å². The molecule has 1 N–H and O–H groups in total. The second kappa shape index (κ2) is 15.1. The Labute approximate surface area is 234 Å². The van der Waals surface area contributed by atoms with Gasteiger partial charge < -0.3 is 24.1 Å². The van der Waals surface area contributed by atoms with Gasteiger partial charge in [-0.2, -0.15) is 4.98 Å². The zero-order valence-electron chi connectivity index (χ0n) is 23.3. The molecule has 4 rings (SSSR count). The van der Waals surface area contributed by atoms with Crippen LogP contribution >= 0.6 is 0 Å². The highest BCUT2D eigenvalue weighted by Crippen LogP contribution is 2.30. The Balaban J connectivity index is 1.21. The maximum atomic E-state index is 11.6. The summed E-state index contributed by atoms with van der Waals surface area (Å²) in [4.78, 5) is 31.9. The van der Waals surface area contributed by atoms with Crippen LogP contribution in [-0.4, -0.2) is 59.8 Å². The molecule has 10 heteroatoms. The van der Waals surface area contributed by atoms with Crippen LogP contribution in [0.5, 0.6) is 11.6 Å². The molecule has 1 aliphatic carbocycles. The second-order valence-corrected chi connectivity index (χ2v) is 9.96. The maximum absolute atomic E-state index is 11.6. The Morgan fingerprint density at radius 2 is 1.98 bits per heavy atom. The lowest BCUT2D eigenvalue weighted by Gasteiger charge is -2.11. The first kappa shape index (κ1) is 29.2. The van der Waals surface area contributed by atoms with E-state index in [2.05, 4.69) is 31.2 Å². The zero-order valence-corrected chi connectivity index (χ0v) is 23.3. The number of nitrogens with zero attached hydrogens (tertiary/aromatic N) is 3. The first-order valence-corrected chi connectivity index (χ1v) is 14.1.